The topological polar surface area (TPSA) is 54.5 Å². The summed E-state index contributed by atoms with van der Waals surface area (Å²) in [6.07, 6.45) is 3.89. The summed E-state index contributed by atoms with van der Waals surface area (Å²) in [4.78, 5) is 18.1. The molecule has 5 nitrogen and oxygen atoms in total. The van der Waals surface area contributed by atoms with Gasteiger partial charge in [-0.15, -0.1) is 0 Å². The molecule has 1 aromatic heterocycles. The molecule has 0 unspecified atom stereocenters. The molecule has 1 aliphatic heterocycles. The van der Waals surface area contributed by atoms with E-state index in [1.54, 1.807) is 19.4 Å². The molecule has 1 aromatic rings. The standard InChI is InChI=1S/C13H19N3O2/c1-18-9-6-14-11-4-5-12(15-10-11)13(17)16-7-2-3-8-16/h4-5,10,14H,2-3,6-9H2,1H3. The van der Waals surface area contributed by atoms with Crippen LogP contribution < -0.4 is 5.32 Å². The van der Waals surface area contributed by atoms with Crippen LogP contribution in [0.15, 0.2) is 18.3 Å². The molecule has 0 saturated carbocycles. The van der Waals surface area contributed by atoms with Crippen molar-refractivity contribution in [3.05, 3.63) is 24.0 Å². The second-order valence-corrected chi connectivity index (χ2v) is 4.35. The Morgan fingerprint density at radius 1 is 1.44 bits per heavy atom. The number of ether oxygens (including phenoxy) is 1. The highest BCUT2D eigenvalue weighted by Crippen LogP contribution is 2.13. The van der Waals surface area contributed by atoms with Gasteiger partial charge in [-0.3, -0.25) is 4.79 Å². The predicted molar refractivity (Wildman–Crippen MR) is 69.7 cm³/mol. The first-order valence-electron chi connectivity index (χ1n) is 6.29. The van der Waals surface area contributed by atoms with E-state index in [4.69, 9.17) is 4.74 Å². The van der Waals surface area contributed by atoms with Crippen molar-refractivity contribution in [2.45, 2.75) is 12.8 Å². The number of likely N-dealkylation sites (tertiary alicyclic amines) is 1. The van der Waals surface area contributed by atoms with Crippen molar-refractivity contribution in [1.82, 2.24) is 9.88 Å². The fraction of sp³-hybridized carbons (Fsp3) is 0.538. The third-order valence-corrected chi connectivity index (χ3v) is 3.01. The number of nitrogens with one attached hydrogen (secondary N) is 1. The predicted octanol–water partition coefficient (Wildman–Crippen LogP) is 1.38. The average molecular weight is 249 g/mol. The highest BCUT2D eigenvalue weighted by atomic mass is 16.5. The van der Waals surface area contributed by atoms with Gasteiger partial charge in [0.1, 0.15) is 5.69 Å². The first-order valence-corrected chi connectivity index (χ1v) is 6.29. The fourth-order valence-corrected chi connectivity index (χ4v) is 2.00. The lowest BCUT2D eigenvalue weighted by atomic mass is 10.3. The Kier molecular flexibility index (Phi) is 4.52. The molecule has 0 radical (unpaired) electrons. The van der Waals surface area contributed by atoms with Gasteiger partial charge < -0.3 is 15.0 Å². The summed E-state index contributed by atoms with van der Waals surface area (Å²) in [5.74, 6) is 0.0379. The normalized spacial score (nSPS) is 14.8. The summed E-state index contributed by atoms with van der Waals surface area (Å²) in [5.41, 5.74) is 1.43. The molecule has 0 aliphatic carbocycles. The second-order valence-electron chi connectivity index (χ2n) is 4.35. The number of methoxy groups -OCH3 is 1. The maximum Gasteiger partial charge on any atom is 0.272 e. The molecule has 1 aliphatic rings. The molecule has 18 heavy (non-hydrogen) atoms. The van der Waals surface area contributed by atoms with Gasteiger partial charge in [-0.05, 0) is 25.0 Å². The van der Waals surface area contributed by atoms with E-state index in [-0.39, 0.29) is 5.91 Å². The number of amides is 1. The average Bonchev–Trinajstić information content (AvgIpc) is 2.93. The van der Waals surface area contributed by atoms with Gasteiger partial charge in [0.25, 0.3) is 5.91 Å². The van der Waals surface area contributed by atoms with E-state index in [1.165, 1.54) is 0 Å². The number of rotatable bonds is 5. The van der Waals surface area contributed by atoms with Gasteiger partial charge in [0.15, 0.2) is 0 Å². The lowest BCUT2D eigenvalue weighted by Crippen LogP contribution is -2.28. The van der Waals surface area contributed by atoms with Gasteiger partial charge in [0, 0.05) is 26.7 Å². The molecule has 1 fully saturated rings. The number of nitrogens with zero attached hydrogens (tertiary/aromatic N) is 2. The van der Waals surface area contributed by atoms with Gasteiger partial charge >= 0.3 is 0 Å². The third-order valence-electron chi connectivity index (χ3n) is 3.01. The van der Waals surface area contributed by atoms with Crippen LogP contribution in [-0.4, -0.2) is 49.1 Å². The number of aromatic nitrogens is 1. The summed E-state index contributed by atoms with van der Waals surface area (Å²) < 4.78 is 4.95. The molecule has 0 atom stereocenters. The highest BCUT2D eigenvalue weighted by molar-refractivity contribution is 5.92. The maximum atomic E-state index is 12.0. The number of hydrogen-bond acceptors (Lipinski definition) is 4. The Balaban J connectivity index is 1.92. The minimum absolute atomic E-state index is 0.0379. The number of hydrogen-bond donors (Lipinski definition) is 1. The number of carbonyl (C=O) groups excluding carboxylic acids is 1. The molecule has 2 heterocycles. The van der Waals surface area contributed by atoms with Crippen LogP contribution in [0.2, 0.25) is 0 Å². The Hall–Kier alpha value is -1.62. The van der Waals surface area contributed by atoms with E-state index in [0.717, 1.165) is 38.2 Å². The summed E-state index contributed by atoms with van der Waals surface area (Å²) in [5, 5.41) is 3.17. The quantitative estimate of drug-likeness (QED) is 0.801. The van der Waals surface area contributed by atoms with Crippen molar-refractivity contribution in [2.24, 2.45) is 0 Å². The third kappa shape index (κ3) is 3.20. The van der Waals surface area contributed by atoms with Gasteiger partial charge in [0.2, 0.25) is 0 Å². The van der Waals surface area contributed by atoms with Crippen LogP contribution in [0.4, 0.5) is 5.69 Å². The van der Waals surface area contributed by atoms with E-state index in [1.807, 2.05) is 11.0 Å². The Morgan fingerprint density at radius 3 is 2.83 bits per heavy atom. The molecule has 0 spiro atoms. The van der Waals surface area contributed by atoms with E-state index >= 15 is 0 Å². The molecule has 2 rings (SSSR count). The first-order chi connectivity index (χ1) is 8.81. The van der Waals surface area contributed by atoms with Crippen molar-refractivity contribution in [1.29, 1.82) is 0 Å². The minimum atomic E-state index is 0.0379. The van der Waals surface area contributed by atoms with E-state index < -0.39 is 0 Å². The van der Waals surface area contributed by atoms with Crippen LogP contribution in [0.25, 0.3) is 0 Å². The Morgan fingerprint density at radius 2 is 2.22 bits per heavy atom. The molecule has 0 aromatic carbocycles. The van der Waals surface area contributed by atoms with Crippen molar-refractivity contribution < 1.29 is 9.53 Å². The van der Waals surface area contributed by atoms with E-state index in [9.17, 15) is 4.79 Å². The largest absolute Gasteiger partial charge is 0.383 e. The van der Waals surface area contributed by atoms with Gasteiger partial charge in [-0.25, -0.2) is 4.98 Å². The SMILES string of the molecule is COCCNc1ccc(C(=O)N2CCCC2)nc1. The summed E-state index contributed by atoms with van der Waals surface area (Å²) >= 11 is 0. The summed E-state index contributed by atoms with van der Waals surface area (Å²) in [7, 11) is 1.66. The van der Waals surface area contributed by atoms with Crippen LogP contribution >= 0.6 is 0 Å². The van der Waals surface area contributed by atoms with E-state index in [2.05, 4.69) is 10.3 Å². The summed E-state index contributed by atoms with van der Waals surface area (Å²) in [6.45, 7) is 3.09. The van der Waals surface area contributed by atoms with Crippen LogP contribution in [0, 0.1) is 0 Å². The maximum absolute atomic E-state index is 12.0. The lowest BCUT2D eigenvalue weighted by molar-refractivity contribution is 0.0787. The zero-order valence-corrected chi connectivity index (χ0v) is 10.7. The lowest BCUT2D eigenvalue weighted by Gasteiger charge is -2.14. The van der Waals surface area contributed by atoms with Crippen molar-refractivity contribution in [3.63, 3.8) is 0 Å². The molecular formula is C13H19N3O2. The number of anilines is 1. The Labute approximate surface area is 107 Å². The van der Waals surface area contributed by atoms with Gasteiger partial charge in [0.05, 0.1) is 18.5 Å². The van der Waals surface area contributed by atoms with E-state index in [0.29, 0.717) is 12.3 Å². The fourth-order valence-electron chi connectivity index (χ4n) is 2.00. The zero-order chi connectivity index (χ0) is 12.8. The van der Waals surface area contributed by atoms with Crippen LogP contribution in [0.3, 0.4) is 0 Å². The molecule has 1 N–H and O–H groups in total. The first kappa shape index (κ1) is 12.8. The molecule has 1 saturated heterocycles. The molecule has 5 heteroatoms. The molecule has 98 valence electrons. The summed E-state index contributed by atoms with van der Waals surface area (Å²) in [6, 6.07) is 3.65. The second kappa shape index (κ2) is 6.35. The molecule has 1 amide bonds. The van der Waals surface area contributed by atoms with Crippen molar-refractivity contribution >= 4 is 11.6 Å². The number of pyridine rings is 1. The van der Waals surface area contributed by atoms with Crippen LogP contribution in [0.1, 0.15) is 23.3 Å². The molecule has 0 bridgehead atoms. The zero-order valence-electron chi connectivity index (χ0n) is 10.7. The highest BCUT2D eigenvalue weighted by Gasteiger charge is 2.20. The Bertz CT molecular complexity index is 386. The smallest absolute Gasteiger partial charge is 0.272 e. The van der Waals surface area contributed by atoms with Crippen LogP contribution in [-0.2, 0) is 4.74 Å². The van der Waals surface area contributed by atoms with Crippen molar-refractivity contribution in [2.75, 3.05) is 38.7 Å². The monoisotopic (exact) mass is 249 g/mol. The van der Waals surface area contributed by atoms with Gasteiger partial charge in [-0.1, -0.05) is 0 Å². The molecular weight excluding hydrogens is 230 g/mol. The van der Waals surface area contributed by atoms with Crippen molar-refractivity contribution in [3.8, 4) is 0 Å². The minimum Gasteiger partial charge on any atom is -0.383 e. The number of carbonyl (C=O) groups is 1. The van der Waals surface area contributed by atoms with Crippen LogP contribution in [0.5, 0.6) is 0 Å². The van der Waals surface area contributed by atoms with Gasteiger partial charge in [-0.2, -0.15) is 0 Å².